The van der Waals surface area contributed by atoms with Gasteiger partial charge in [0.25, 0.3) is 0 Å². The molecule has 0 aromatic rings. The van der Waals surface area contributed by atoms with E-state index in [1.54, 1.807) is 0 Å². The maximum absolute atomic E-state index is 8.87. The van der Waals surface area contributed by atoms with Crippen molar-refractivity contribution >= 4 is 0 Å². The van der Waals surface area contributed by atoms with E-state index < -0.39 is 0 Å². The highest BCUT2D eigenvalue weighted by atomic mass is 16.3. The van der Waals surface area contributed by atoms with Crippen molar-refractivity contribution in [3.8, 4) is 0 Å². The predicted molar refractivity (Wildman–Crippen MR) is 81.0 cm³/mol. The molecule has 110 valence electrons. The molecule has 0 saturated carbocycles. The van der Waals surface area contributed by atoms with Crippen molar-refractivity contribution in [1.29, 1.82) is 0 Å². The van der Waals surface area contributed by atoms with Gasteiger partial charge in [-0.1, -0.05) is 71.6 Å². The third-order valence-corrected chi connectivity index (χ3v) is 3.51. The van der Waals surface area contributed by atoms with Crippen molar-refractivity contribution in [2.45, 2.75) is 78.1 Å². The molecule has 0 amide bonds. The first-order valence-electron chi connectivity index (χ1n) is 8.12. The van der Waals surface area contributed by atoms with Crippen LogP contribution in [0.15, 0.2) is 0 Å². The number of hydrogen-bond donors (Lipinski definition) is 2. The Morgan fingerprint density at radius 2 is 1.33 bits per heavy atom. The van der Waals surface area contributed by atoms with E-state index >= 15 is 0 Å². The molecule has 0 aliphatic carbocycles. The van der Waals surface area contributed by atoms with Gasteiger partial charge in [0.2, 0.25) is 0 Å². The van der Waals surface area contributed by atoms with E-state index in [9.17, 15) is 0 Å². The minimum Gasteiger partial charge on any atom is -0.396 e. The van der Waals surface area contributed by atoms with Crippen LogP contribution in [0.4, 0.5) is 0 Å². The van der Waals surface area contributed by atoms with Gasteiger partial charge in [-0.2, -0.15) is 0 Å². The number of rotatable bonds is 14. The molecule has 1 atom stereocenters. The number of unbranched alkanes of at least 4 members (excludes halogenated alkanes) is 9. The monoisotopic (exact) mass is 257 g/mol. The van der Waals surface area contributed by atoms with Gasteiger partial charge in [-0.3, -0.25) is 0 Å². The molecule has 0 rings (SSSR count). The largest absolute Gasteiger partial charge is 0.396 e. The first-order chi connectivity index (χ1) is 8.81. The lowest BCUT2D eigenvalue weighted by Gasteiger charge is -2.09. The van der Waals surface area contributed by atoms with E-state index in [0.717, 1.165) is 13.1 Å². The second-order valence-electron chi connectivity index (χ2n) is 5.67. The van der Waals surface area contributed by atoms with Gasteiger partial charge in [0.05, 0.1) is 0 Å². The van der Waals surface area contributed by atoms with Crippen LogP contribution in [0, 0.1) is 5.92 Å². The first kappa shape index (κ1) is 17.9. The number of nitrogens with one attached hydrogen (secondary N) is 1. The highest BCUT2D eigenvalue weighted by molar-refractivity contribution is 4.55. The van der Waals surface area contributed by atoms with Crippen LogP contribution in [-0.4, -0.2) is 24.8 Å². The van der Waals surface area contributed by atoms with E-state index in [-0.39, 0.29) is 0 Å². The Balaban J connectivity index is 2.94. The summed E-state index contributed by atoms with van der Waals surface area (Å²) >= 11 is 0. The summed E-state index contributed by atoms with van der Waals surface area (Å²) in [6.45, 7) is 6.71. The van der Waals surface area contributed by atoms with Crippen molar-refractivity contribution < 1.29 is 5.11 Å². The Kier molecular flexibility index (Phi) is 14.9. The normalized spacial score (nSPS) is 12.8. The Morgan fingerprint density at radius 3 is 1.83 bits per heavy atom. The molecule has 0 bridgehead atoms. The van der Waals surface area contributed by atoms with Crippen LogP contribution in [0.5, 0.6) is 0 Å². The average molecular weight is 257 g/mol. The first-order valence-corrected chi connectivity index (χ1v) is 8.12. The Hall–Kier alpha value is -0.0800. The number of hydrogen-bond acceptors (Lipinski definition) is 2. The Bertz CT molecular complexity index is 150. The topological polar surface area (TPSA) is 32.3 Å². The number of aliphatic hydroxyl groups is 1. The van der Waals surface area contributed by atoms with Gasteiger partial charge in [-0.15, -0.1) is 0 Å². The van der Waals surface area contributed by atoms with Crippen molar-refractivity contribution in [3.63, 3.8) is 0 Å². The molecule has 0 heterocycles. The molecule has 0 spiro atoms. The summed E-state index contributed by atoms with van der Waals surface area (Å²) < 4.78 is 0. The zero-order valence-corrected chi connectivity index (χ0v) is 12.7. The number of aliphatic hydroxyl groups excluding tert-OH is 1. The fourth-order valence-corrected chi connectivity index (χ4v) is 2.15. The van der Waals surface area contributed by atoms with Crippen molar-refractivity contribution in [1.82, 2.24) is 5.32 Å². The summed E-state index contributed by atoms with van der Waals surface area (Å²) in [6.07, 6.45) is 14.0. The summed E-state index contributed by atoms with van der Waals surface area (Å²) in [6, 6.07) is 0. The van der Waals surface area contributed by atoms with Gasteiger partial charge >= 0.3 is 0 Å². The minimum atomic E-state index is 0.297. The van der Waals surface area contributed by atoms with E-state index in [4.69, 9.17) is 5.11 Å². The third-order valence-electron chi connectivity index (χ3n) is 3.51. The maximum atomic E-state index is 8.87. The zero-order chi connectivity index (χ0) is 13.5. The van der Waals surface area contributed by atoms with Crippen molar-refractivity contribution in [2.24, 2.45) is 5.92 Å². The molecule has 0 fully saturated rings. The average Bonchev–Trinajstić information content (AvgIpc) is 2.39. The molecular weight excluding hydrogens is 222 g/mol. The minimum absolute atomic E-state index is 0.297. The zero-order valence-electron chi connectivity index (χ0n) is 12.7. The second-order valence-corrected chi connectivity index (χ2v) is 5.67. The lowest BCUT2D eigenvalue weighted by atomic mass is 10.1. The summed E-state index contributed by atoms with van der Waals surface area (Å²) in [7, 11) is 0. The molecule has 0 aliphatic rings. The van der Waals surface area contributed by atoms with Gasteiger partial charge < -0.3 is 10.4 Å². The van der Waals surface area contributed by atoms with Crippen LogP contribution in [-0.2, 0) is 0 Å². The van der Waals surface area contributed by atoms with Crippen LogP contribution in [0.25, 0.3) is 0 Å². The lowest BCUT2D eigenvalue weighted by Crippen LogP contribution is -2.24. The summed E-state index contributed by atoms with van der Waals surface area (Å²) in [5.41, 5.74) is 0. The second kappa shape index (κ2) is 15.0. The van der Waals surface area contributed by atoms with Crippen LogP contribution in [0.3, 0.4) is 0 Å². The van der Waals surface area contributed by atoms with Crippen LogP contribution >= 0.6 is 0 Å². The molecule has 0 aliphatic heterocycles. The fraction of sp³-hybridized carbons (Fsp3) is 1.00. The SMILES string of the molecule is CCCCCCCCCCCCNCC(C)CO. The van der Waals surface area contributed by atoms with Gasteiger partial charge in [0.15, 0.2) is 0 Å². The Labute approximate surface area is 115 Å². The standard InChI is InChI=1S/C16H35NO/c1-3-4-5-6-7-8-9-10-11-12-13-17-14-16(2)15-18/h16-18H,3-15H2,1-2H3. The van der Waals surface area contributed by atoms with E-state index in [1.165, 1.54) is 64.2 Å². The smallest absolute Gasteiger partial charge is 0.0468 e. The molecule has 2 nitrogen and oxygen atoms in total. The molecule has 0 aromatic heterocycles. The van der Waals surface area contributed by atoms with Gasteiger partial charge in [-0.05, 0) is 25.4 Å². The van der Waals surface area contributed by atoms with Gasteiger partial charge in [0.1, 0.15) is 0 Å². The van der Waals surface area contributed by atoms with Crippen molar-refractivity contribution in [3.05, 3.63) is 0 Å². The molecule has 2 heteroatoms. The van der Waals surface area contributed by atoms with Gasteiger partial charge in [-0.25, -0.2) is 0 Å². The van der Waals surface area contributed by atoms with E-state index in [1.807, 2.05) is 0 Å². The highest BCUT2D eigenvalue weighted by Gasteiger charge is 1.97. The fourth-order valence-electron chi connectivity index (χ4n) is 2.15. The van der Waals surface area contributed by atoms with Crippen LogP contribution in [0.1, 0.15) is 78.1 Å². The van der Waals surface area contributed by atoms with Gasteiger partial charge in [0, 0.05) is 6.61 Å². The molecule has 2 N–H and O–H groups in total. The lowest BCUT2D eigenvalue weighted by molar-refractivity contribution is 0.234. The highest BCUT2D eigenvalue weighted by Crippen LogP contribution is 2.10. The van der Waals surface area contributed by atoms with Crippen LogP contribution in [0.2, 0.25) is 0 Å². The summed E-state index contributed by atoms with van der Waals surface area (Å²) in [4.78, 5) is 0. The summed E-state index contributed by atoms with van der Waals surface area (Å²) in [5, 5.41) is 12.3. The Morgan fingerprint density at radius 1 is 0.833 bits per heavy atom. The predicted octanol–water partition coefficient (Wildman–Crippen LogP) is 4.13. The summed E-state index contributed by atoms with van der Waals surface area (Å²) in [5.74, 6) is 0.396. The van der Waals surface area contributed by atoms with E-state index in [2.05, 4.69) is 19.2 Å². The van der Waals surface area contributed by atoms with Crippen molar-refractivity contribution in [2.75, 3.05) is 19.7 Å². The molecular formula is C16H35NO. The van der Waals surface area contributed by atoms with Crippen LogP contribution < -0.4 is 5.32 Å². The molecule has 0 saturated heterocycles. The molecule has 0 radical (unpaired) electrons. The quantitative estimate of drug-likeness (QED) is 0.459. The maximum Gasteiger partial charge on any atom is 0.0468 e. The third kappa shape index (κ3) is 14.0. The molecule has 0 aromatic carbocycles. The molecule has 1 unspecified atom stereocenters. The molecule has 18 heavy (non-hydrogen) atoms. The van der Waals surface area contributed by atoms with E-state index in [0.29, 0.717) is 12.5 Å².